The molecule has 1 aliphatic rings. The van der Waals surface area contributed by atoms with Crippen molar-refractivity contribution in [3.8, 4) is 11.5 Å². The van der Waals surface area contributed by atoms with Crippen molar-refractivity contribution in [2.24, 2.45) is 5.10 Å². The predicted octanol–water partition coefficient (Wildman–Crippen LogP) is 5.37. The molecule has 0 N–H and O–H groups in total. The smallest absolute Gasteiger partial charge is 0.281 e. The van der Waals surface area contributed by atoms with Crippen LogP contribution in [0.5, 0.6) is 11.5 Å². The molecular formula is C28H28ClN3O4. The lowest BCUT2D eigenvalue weighted by Gasteiger charge is -2.23. The zero-order valence-electron chi connectivity index (χ0n) is 20.5. The minimum absolute atomic E-state index is 0.232. The molecule has 1 heterocycles. The Morgan fingerprint density at radius 1 is 1.06 bits per heavy atom. The van der Waals surface area contributed by atoms with Gasteiger partial charge in [-0.3, -0.25) is 9.59 Å². The van der Waals surface area contributed by atoms with E-state index in [1.165, 1.54) is 5.01 Å². The second-order valence-electron chi connectivity index (χ2n) is 8.54. The number of carbonyl (C=O) groups excluding carboxylic acids is 2. The van der Waals surface area contributed by atoms with Crippen molar-refractivity contribution in [1.82, 2.24) is 5.01 Å². The van der Waals surface area contributed by atoms with Crippen molar-refractivity contribution in [3.63, 3.8) is 0 Å². The van der Waals surface area contributed by atoms with Gasteiger partial charge in [0, 0.05) is 36.8 Å². The molecule has 1 unspecified atom stereocenters. The molecule has 0 radical (unpaired) electrons. The number of rotatable bonds is 9. The summed E-state index contributed by atoms with van der Waals surface area (Å²) in [4.78, 5) is 26.5. The zero-order valence-corrected chi connectivity index (χ0v) is 21.2. The topological polar surface area (TPSA) is 71.4 Å². The van der Waals surface area contributed by atoms with Crippen LogP contribution in [-0.2, 0) is 4.79 Å². The van der Waals surface area contributed by atoms with Crippen LogP contribution in [0.2, 0.25) is 5.02 Å². The minimum Gasteiger partial charge on any atom is -0.490 e. The average Bonchev–Trinajstić information content (AvgIpc) is 3.34. The van der Waals surface area contributed by atoms with Crippen LogP contribution in [0.15, 0.2) is 71.8 Å². The summed E-state index contributed by atoms with van der Waals surface area (Å²) in [7, 11) is 3.97. The van der Waals surface area contributed by atoms with E-state index in [-0.39, 0.29) is 18.6 Å². The van der Waals surface area contributed by atoms with E-state index < -0.39 is 0 Å². The highest BCUT2D eigenvalue weighted by molar-refractivity contribution is 6.30. The maximum atomic E-state index is 13.4. The van der Waals surface area contributed by atoms with Crippen LogP contribution in [0.25, 0.3) is 0 Å². The third-order valence-electron chi connectivity index (χ3n) is 5.89. The van der Waals surface area contributed by atoms with Gasteiger partial charge in [-0.1, -0.05) is 35.9 Å². The van der Waals surface area contributed by atoms with E-state index in [0.717, 1.165) is 28.8 Å². The number of halogens is 1. The number of carbonyl (C=O) groups is 2. The van der Waals surface area contributed by atoms with Gasteiger partial charge in [-0.2, -0.15) is 5.10 Å². The second kappa shape index (κ2) is 11.3. The summed E-state index contributed by atoms with van der Waals surface area (Å²) in [5.41, 5.74) is 4.22. The van der Waals surface area contributed by atoms with Gasteiger partial charge in [-0.15, -0.1) is 0 Å². The molecule has 0 spiro atoms. The fourth-order valence-electron chi connectivity index (χ4n) is 4.00. The van der Waals surface area contributed by atoms with Crippen LogP contribution in [-0.4, -0.2) is 50.2 Å². The summed E-state index contributed by atoms with van der Waals surface area (Å²) >= 11 is 6.06. The summed E-state index contributed by atoms with van der Waals surface area (Å²) in [6, 6.07) is 20.1. The molecule has 0 bridgehead atoms. The molecular weight excluding hydrogens is 478 g/mol. The molecule has 0 aromatic heterocycles. The highest BCUT2D eigenvalue weighted by atomic mass is 35.5. The van der Waals surface area contributed by atoms with Crippen LogP contribution < -0.4 is 14.4 Å². The minimum atomic E-state index is -0.289. The summed E-state index contributed by atoms with van der Waals surface area (Å²) in [5, 5.41) is 6.82. The van der Waals surface area contributed by atoms with Crippen molar-refractivity contribution in [2.45, 2.75) is 19.4 Å². The Hall–Kier alpha value is -3.84. The Kier molecular flexibility index (Phi) is 7.90. The Labute approximate surface area is 215 Å². The first kappa shape index (κ1) is 25.3. The molecule has 0 saturated carbocycles. The third kappa shape index (κ3) is 5.69. The monoisotopic (exact) mass is 505 g/mol. The number of ether oxygens (including phenoxy) is 2. The molecule has 7 nitrogen and oxygen atoms in total. The zero-order chi connectivity index (χ0) is 25.7. The molecule has 36 heavy (non-hydrogen) atoms. The SMILES string of the molecule is CCOc1cc(C=O)ccc1OCC(=O)N1N=C(c2ccc(Cl)cc2)CC1c1ccc(N(C)C)cc1. The van der Waals surface area contributed by atoms with Crippen molar-refractivity contribution in [3.05, 3.63) is 88.4 Å². The summed E-state index contributed by atoms with van der Waals surface area (Å²) in [6.07, 6.45) is 1.30. The Morgan fingerprint density at radius 2 is 1.78 bits per heavy atom. The van der Waals surface area contributed by atoms with Crippen LogP contribution >= 0.6 is 11.6 Å². The van der Waals surface area contributed by atoms with E-state index >= 15 is 0 Å². The van der Waals surface area contributed by atoms with Crippen molar-refractivity contribution < 1.29 is 19.1 Å². The van der Waals surface area contributed by atoms with Crippen LogP contribution in [0.3, 0.4) is 0 Å². The van der Waals surface area contributed by atoms with Crippen LogP contribution in [0.1, 0.15) is 40.9 Å². The Balaban J connectivity index is 1.59. The Bertz CT molecular complexity index is 1260. The predicted molar refractivity (Wildman–Crippen MR) is 141 cm³/mol. The van der Waals surface area contributed by atoms with E-state index in [1.54, 1.807) is 18.2 Å². The summed E-state index contributed by atoms with van der Waals surface area (Å²) in [5.74, 6) is 0.517. The first-order chi connectivity index (χ1) is 17.4. The maximum Gasteiger partial charge on any atom is 0.281 e. The third-order valence-corrected chi connectivity index (χ3v) is 6.14. The molecule has 186 valence electrons. The van der Waals surface area contributed by atoms with E-state index in [4.69, 9.17) is 26.2 Å². The largest absolute Gasteiger partial charge is 0.490 e. The van der Waals surface area contributed by atoms with Crippen molar-refractivity contribution in [2.75, 3.05) is 32.2 Å². The lowest BCUT2D eigenvalue weighted by Crippen LogP contribution is -2.31. The number of amides is 1. The molecule has 1 amide bonds. The highest BCUT2D eigenvalue weighted by Gasteiger charge is 2.33. The van der Waals surface area contributed by atoms with Gasteiger partial charge in [0.15, 0.2) is 18.1 Å². The van der Waals surface area contributed by atoms with Crippen molar-refractivity contribution in [1.29, 1.82) is 0 Å². The molecule has 1 atom stereocenters. The van der Waals surface area contributed by atoms with Crippen molar-refractivity contribution >= 4 is 35.2 Å². The number of hydrazone groups is 1. The Morgan fingerprint density at radius 3 is 2.42 bits per heavy atom. The number of hydrogen-bond donors (Lipinski definition) is 0. The standard InChI is InChI=1S/C28H28ClN3O4/c1-4-35-27-15-19(17-33)5-14-26(27)36-18-28(34)32-25(21-8-12-23(13-9-21)31(2)3)16-24(30-32)20-6-10-22(29)11-7-20/h5-15,17,25H,4,16,18H2,1-3H3. The fraction of sp³-hybridized carbons (Fsp3) is 0.250. The number of nitrogens with zero attached hydrogens (tertiary/aromatic N) is 3. The molecule has 4 rings (SSSR count). The molecule has 3 aromatic rings. The first-order valence-electron chi connectivity index (χ1n) is 11.7. The van der Waals surface area contributed by atoms with Gasteiger partial charge in [0.25, 0.3) is 5.91 Å². The quantitative estimate of drug-likeness (QED) is 0.365. The van der Waals surface area contributed by atoms with E-state index in [0.29, 0.717) is 35.1 Å². The van der Waals surface area contributed by atoms with Gasteiger partial charge in [0.05, 0.1) is 18.4 Å². The van der Waals surface area contributed by atoms with Gasteiger partial charge in [-0.25, -0.2) is 5.01 Å². The lowest BCUT2D eigenvalue weighted by atomic mass is 9.98. The number of anilines is 1. The van der Waals surface area contributed by atoms with Gasteiger partial charge < -0.3 is 14.4 Å². The highest BCUT2D eigenvalue weighted by Crippen LogP contribution is 2.34. The average molecular weight is 506 g/mol. The fourth-order valence-corrected chi connectivity index (χ4v) is 4.13. The second-order valence-corrected chi connectivity index (χ2v) is 8.98. The molecule has 0 saturated heterocycles. The molecule has 3 aromatic carbocycles. The normalized spacial score (nSPS) is 14.8. The van der Waals surface area contributed by atoms with Crippen LogP contribution in [0, 0.1) is 0 Å². The lowest BCUT2D eigenvalue weighted by molar-refractivity contribution is -0.135. The number of hydrogen-bond acceptors (Lipinski definition) is 6. The summed E-state index contributed by atoms with van der Waals surface area (Å²) < 4.78 is 11.4. The van der Waals surface area contributed by atoms with E-state index in [2.05, 4.69) is 0 Å². The van der Waals surface area contributed by atoms with E-state index in [1.807, 2.05) is 74.4 Å². The molecule has 0 fully saturated rings. The van der Waals surface area contributed by atoms with Gasteiger partial charge >= 0.3 is 0 Å². The first-order valence-corrected chi connectivity index (χ1v) is 12.0. The number of benzene rings is 3. The van der Waals surface area contributed by atoms with Gasteiger partial charge in [0.1, 0.15) is 6.29 Å². The van der Waals surface area contributed by atoms with E-state index in [9.17, 15) is 9.59 Å². The molecule has 1 aliphatic heterocycles. The summed E-state index contributed by atoms with van der Waals surface area (Å²) in [6.45, 7) is 2.01. The van der Waals surface area contributed by atoms with Gasteiger partial charge in [-0.05, 0) is 60.5 Å². The number of aldehydes is 1. The molecule has 8 heteroatoms. The molecule has 0 aliphatic carbocycles. The maximum absolute atomic E-state index is 13.4. The van der Waals surface area contributed by atoms with Crippen LogP contribution in [0.4, 0.5) is 5.69 Å². The van der Waals surface area contributed by atoms with Gasteiger partial charge in [0.2, 0.25) is 0 Å².